The summed E-state index contributed by atoms with van der Waals surface area (Å²) in [6.07, 6.45) is 3.74. The molecule has 0 fully saturated rings. The largest absolute Gasteiger partial charge is 0.493 e. The number of dihydropyridines is 1. The van der Waals surface area contributed by atoms with Gasteiger partial charge in [0.2, 0.25) is 0 Å². The van der Waals surface area contributed by atoms with E-state index in [0.717, 1.165) is 16.8 Å². The van der Waals surface area contributed by atoms with Crippen molar-refractivity contribution in [2.75, 3.05) is 25.7 Å². The normalized spacial score (nSPS) is 16.3. The first-order valence-electron chi connectivity index (χ1n) is 6.75. The minimum Gasteiger partial charge on any atom is -0.493 e. The fourth-order valence-corrected chi connectivity index (χ4v) is 2.66. The third-order valence-electron chi connectivity index (χ3n) is 3.72. The predicted molar refractivity (Wildman–Crippen MR) is 83.0 cm³/mol. The molecule has 6 nitrogen and oxygen atoms in total. The van der Waals surface area contributed by atoms with E-state index in [9.17, 15) is 5.26 Å². The Hall–Kier alpha value is -3.07. The lowest BCUT2D eigenvalue weighted by atomic mass is 10.0. The van der Waals surface area contributed by atoms with Crippen molar-refractivity contribution in [1.82, 2.24) is 5.32 Å². The van der Waals surface area contributed by atoms with Crippen LogP contribution >= 0.6 is 0 Å². The van der Waals surface area contributed by atoms with Gasteiger partial charge in [-0.2, -0.15) is 5.26 Å². The number of nitriles is 1. The first-order valence-corrected chi connectivity index (χ1v) is 6.75. The second-order valence-electron chi connectivity index (χ2n) is 4.90. The zero-order valence-electron chi connectivity index (χ0n) is 12.4. The average Bonchev–Trinajstić information content (AvgIpc) is 2.97. The molecule has 1 aromatic rings. The van der Waals surface area contributed by atoms with Crippen LogP contribution in [0.1, 0.15) is 0 Å². The first kappa shape index (κ1) is 13.9. The molecule has 22 heavy (non-hydrogen) atoms. The number of para-hydroxylation sites is 1. The second kappa shape index (κ2) is 5.37. The van der Waals surface area contributed by atoms with Gasteiger partial charge in [-0.1, -0.05) is 6.07 Å². The number of fused-ring (bicyclic) bond motifs is 1. The van der Waals surface area contributed by atoms with Crippen molar-refractivity contribution in [3.05, 3.63) is 53.1 Å². The predicted octanol–water partition coefficient (Wildman–Crippen LogP) is 1.59. The highest BCUT2D eigenvalue weighted by Crippen LogP contribution is 2.41. The van der Waals surface area contributed by atoms with E-state index in [2.05, 4.69) is 11.4 Å². The number of hydrogen-bond donors (Lipinski definition) is 2. The third kappa shape index (κ3) is 2.04. The zero-order chi connectivity index (χ0) is 15.7. The molecule has 0 unspecified atom stereocenters. The molecule has 6 heteroatoms. The van der Waals surface area contributed by atoms with Crippen LogP contribution in [-0.2, 0) is 0 Å². The van der Waals surface area contributed by atoms with E-state index < -0.39 is 0 Å². The van der Waals surface area contributed by atoms with Crippen LogP contribution in [0.25, 0.3) is 0 Å². The smallest absolute Gasteiger partial charge is 0.184 e. The molecule has 1 aromatic carbocycles. The molecule has 0 atom stereocenters. The number of nitrogens with two attached hydrogens (primary N) is 1. The van der Waals surface area contributed by atoms with Crippen LogP contribution in [0.15, 0.2) is 53.1 Å². The highest BCUT2D eigenvalue weighted by atomic mass is 16.5. The van der Waals surface area contributed by atoms with Crippen molar-refractivity contribution in [1.29, 1.82) is 5.26 Å². The maximum Gasteiger partial charge on any atom is 0.184 e. The number of nitrogens with zero attached hydrogens (tertiary/aromatic N) is 2. The Morgan fingerprint density at radius 1 is 1.32 bits per heavy atom. The summed E-state index contributed by atoms with van der Waals surface area (Å²) in [6, 6.07) is 7.84. The van der Waals surface area contributed by atoms with Gasteiger partial charge in [0.1, 0.15) is 17.5 Å². The topological polar surface area (TPSA) is 83.5 Å². The number of allylic oxidation sites excluding steroid dienone is 1. The lowest BCUT2D eigenvalue weighted by molar-refractivity contribution is 0.355. The molecule has 3 N–H and O–H groups in total. The summed E-state index contributed by atoms with van der Waals surface area (Å²) in [5.41, 5.74) is 9.01. The van der Waals surface area contributed by atoms with Gasteiger partial charge in [-0.15, -0.1) is 0 Å². The summed E-state index contributed by atoms with van der Waals surface area (Å²) in [6.45, 7) is 0.629. The molecule has 0 spiro atoms. The van der Waals surface area contributed by atoms with Crippen molar-refractivity contribution < 1.29 is 9.47 Å². The monoisotopic (exact) mass is 296 g/mol. The van der Waals surface area contributed by atoms with Gasteiger partial charge in [0, 0.05) is 24.5 Å². The van der Waals surface area contributed by atoms with Gasteiger partial charge in [0.25, 0.3) is 0 Å². The highest BCUT2D eigenvalue weighted by Gasteiger charge is 2.28. The molecule has 0 radical (unpaired) electrons. The summed E-state index contributed by atoms with van der Waals surface area (Å²) in [7, 11) is 3.21. The Morgan fingerprint density at radius 3 is 2.82 bits per heavy atom. The second-order valence-corrected chi connectivity index (χ2v) is 4.90. The molecule has 0 aliphatic carbocycles. The van der Waals surface area contributed by atoms with Crippen molar-refractivity contribution in [3.63, 3.8) is 0 Å². The van der Waals surface area contributed by atoms with Gasteiger partial charge in [0.05, 0.1) is 19.9 Å². The SMILES string of the molecule is COc1cccc(N2C=C3C(=CNC(N)=C3C#N)C2)c1OC. The standard InChI is InChI=1S/C16H16N4O2/c1-21-14-5-3-4-13(15(14)22-2)20-8-10-7-19-16(18)11(6-17)12(10)9-20/h3-5,7,9,19H,8,18H2,1-2H3. The number of nitrogens with one attached hydrogen (secondary N) is 1. The van der Waals surface area contributed by atoms with E-state index in [1.165, 1.54) is 0 Å². The fourth-order valence-electron chi connectivity index (χ4n) is 2.66. The summed E-state index contributed by atoms with van der Waals surface area (Å²) in [5, 5.41) is 12.2. The Kier molecular flexibility index (Phi) is 3.39. The summed E-state index contributed by atoms with van der Waals surface area (Å²) >= 11 is 0. The van der Waals surface area contributed by atoms with Crippen LogP contribution < -0.4 is 25.4 Å². The third-order valence-corrected chi connectivity index (χ3v) is 3.72. The Balaban J connectivity index is 2.05. The van der Waals surface area contributed by atoms with Crippen molar-refractivity contribution in [2.24, 2.45) is 5.73 Å². The minimum absolute atomic E-state index is 0.372. The molecular weight excluding hydrogens is 280 g/mol. The molecule has 2 aliphatic rings. The Morgan fingerprint density at radius 2 is 2.14 bits per heavy atom. The molecule has 2 aliphatic heterocycles. The van der Waals surface area contributed by atoms with Crippen LogP contribution in [0.4, 0.5) is 5.69 Å². The van der Waals surface area contributed by atoms with Gasteiger partial charge in [0.15, 0.2) is 11.5 Å². The van der Waals surface area contributed by atoms with Gasteiger partial charge in [-0.3, -0.25) is 0 Å². The van der Waals surface area contributed by atoms with Crippen molar-refractivity contribution in [3.8, 4) is 17.6 Å². The molecule has 0 saturated heterocycles. The van der Waals surface area contributed by atoms with Crippen LogP contribution in [0.3, 0.4) is 0 Å². The van der Waals surface area contributed by atoms with Crippen LogP contribution in [0.5, 0.6) is 11.5 Å². The quantitative estimate of drug-likeness (QED) is 0.881. The fraction of sp³-hybridized carbons (Fsp3) is 0.188. The summed E-state index contributed by atoms with van der Waals surface area (Å²) in [4.78, 5) is 2.01. The molecule has 2 heterocycles. The number of hydrogen-bond acceptors (Lipinski definition) is 6. The molecule has 0 saturated carbocycles. The molecular formula is C16H16N4O2. The van der Waals surface area contributed by atoms with Crippen LogP contribution in [0.2, 0.25) is 0 Å². The van der Waals surface area contributed by atoms with E-state index in [0.29, 0.717) is 29.4 Å². The van der Waals surface area contributed by atoms with E-state index in [1.807, 2.05) is 35.5 Å². The maximum atomic E-state index is 9.29. The molecule has 0 amide bonds. The molecule has 3 rings (SSSR count). The summed E-state index contributed by atoms with van der Waals surface area (Å²) < 4.78 is 10.8. The van der Waals surface area contributed by atoms with Gasteiger partial charge in [-0.05, 0) is 17.7 Å². The van der Waals surface area contributed by atoms with E-state index >= 15 is 0 Å². The Bertz CT molecular complexity index is 756. The van der Waals surface area contributed by atoms with Gasteiger partial charge < -0.3 is 25.4 Å². The number of ether oxygens (including phenoxy) is 2. The minimum atomic E-state index is 0.372. The van der Waals surface area contributed by atoms with Crippen LogP contribution in [-0.4, -0.2) is 20.8 Å². The zero-order valence-corrected chi connectivity index (χ0v) is 12.4. The molecule has 0 bridgehead atoms. The molecule has 112 valence electrons. The van der Waals surface area contributed by atoms with E-state index in [-0.39, 0.29) is 0 Å². The maximum absolute atomic E-state index is 9.29. The number of methoxy groups -OCH3 is 2. The number of benzene rings is 1. The van der Waals surface area contributed by atoms with Gasteiger partial charge >= 0.3 is 0 Å². The van der Waals surface area contributed by atoms with Crippen LogP contribution in [0, 0.1) is 11.3 Å². The van der Waals surface area contributed by atoms with Gasteiger partial charge in [-0.25, -0.2) is 0 Å². The first-order chi connectivity index (χ1) is 10.7. The summed E-state index contributed by atoms with van der Waals surface area (Å²) in [5.74, 6) is 1.69. The number of anilines is 1. The number of rotatable bonds is 3. The Labute approximate surface area is 128 Å². The lowest BCUT2D eigenvalue weighted by Gasteiger charge is -2.20. The van der Waals surface area contributed by atoms with Crippen molar-refractivity contribution >= 4 is 5.69 Å². The highest BCUT2D eigenvalue weighted by molar-refractivity contribution is 5.72. The van der Waals surface area contributed by atoms with E-state index in [4.69, 9.17) is 15.2 Å². The molecule has 0 aromatic heterocycles. The lowest BCUT2D eigenvalue weighted by Crippen LogP contribution is -2.22. The van der Waals surface area contributed by atoms with Crippen molar-refractivity contribution in [2.45, 2.75) is 0 Å². The van der Waals surface area contributed by atoms with E-state index in [1.54, 1.807) is 14.2 Å². The average molecular weight is 296 g/mol.